The molecule has 0 radical (unpaired) electrons. The Morgan fingerprint density at radius 1 is 1.47 bits per heavy atom. The standard InChI is InChI=1S/C14H17NO3S/c1-5-7(2)15-10(14(17)18)6-11-12(13(15)16)8(3)9(4)19-11/h6-7H,5H2,1-4H3,(H,17,18). The number of fused-ring (bicyclic) bond motifs is 1. The van der Waals surface area contributed by atoms with E-state index in [9.17, 15) is 14.7 Å². The number of hydrogen-bond donors (Lipinski definition) is 1. The fraction of sp³-hybridized carbons (Fsp3) is 0.429. The smallest absolute Gasteiger partial charge is 0.352 e. The lowest BCUT2D eigenvalue weighted by molar-refractivity contribution is 0.0681. The fourth-order valence-corrected chi connectivity index (χ4v) is 3.33. The van der Waals surface area contributed by atoms with Crippen molar-refractivity contribution in [2.75, 3.05) is 0 Å². The van der Waals surface area contributed by atoms with Crippen molar-refractivity contribution in [2.45, 2.75) is 40.2 Å². The van der Waals surface area contributed by atoms with Gasteiger partial charge in [0.05, 0.1) is 5.39 Å². The van der Waals surface area contributed by atoms with Crippen molar-refractivity contribution in [1.82, 2.24) is 4.57 Å². The second-order valence-electron chi connectivity index (χ2n) is 4.79. The number of thiophene rings is 1. The quantitative estimate of drug-likeness (QED) is 0.937. The number of nitrogens with zero attached hydrogens (tertiary/aromatic N) is 1. The van der Waals surface area contributed by atoms with E-state index in [-0.39, 0.29) is 17.3 Å². The van der Waals surface area contributed by atoms with E-state index in [4.69, 9.17) is 0 Å². The van der Waals surface area contributed by atoms with Crippen molar-refractivity contribution < 1.29 is 9.90 Å². The Balaban J connectivity index is 2.95. The maximum Gasteiger partial charge on any atom is 0.352 e. The number of carboxylic acids is 1. The van der Waals surface area contributed by atoms with Crippen molar-refractivity contribution >= 4 is 27.4 Å². The third-order valence-electron chi connectivity index (χ3n) is 3.62. The van der Waals surface area contributed by atoms with E-state index in [0.29, 0.717) is 11.8 Å². The van der Waals surface area contributed by atoms with Crippen LogP contribution in [-0.4, -0.2) is 15.6 Å². The molecule has 5 heteroatoms. The molecule has 0 aliphatic carbocycles. The van der Waals surface area contributed by atoms with Crippen LogP contribution < -0.4 is 5.56 Å². The van der Waals surface area contributed by atoms with E-state index in [2.05, 4.69) is 0 Å². The Bertz CT molecular complexity index is 712. The Morgan fingerprint density at radius 3 is 2.63 bits per heavy atom. The van der Waals surface area contributed by atoms with Crippen molar-refractivity contribution in [2.24, 2.45) is 0 Å². The zero-order chi connectivity index (χ0) is 14.3. The largest absolute Gasteiger partial charge is 0.477 e. The number of pyridine rings is 1. The van der Waals surface area contributed by atoms with Gasteiger partial charge in [0.25, 0.3) is 5.56 Å². The van der Waals surface area contributed by atoms with Crippen LogP contribution in [0.4, 0.5) is 0 Å². The van der Waals surface area contributed by atoms with E-state index in [0.717, 1.165) is 15.1 Å². The van der Waals surface area contributed by atoms with Crippen molar-refractivity contribution in [3.05, 3.63) is 32.6 Å². The summed E-state index contributed by atoms with van der Waals surface area (Å²) in [6.45, 7) is 7.68. The zero-order valence-electron chi connectivity index (χ0n) is 11.5. The average molecular weight is 279 g/mol. The maximum absolute atomic E-state index is 12.6. The third-order valence-corrected chi connectivity index (χ3v) is 4.78. The zero-order valence-corrected chi connectivity index (χ0v) is 12.3. The molecule has 1 N–H and O–H groups in total. The molecule has 4 nitrogen and oxygen atoms in total. The number of carbonyl (C=O) groups is 1. The summed E-state index contributed by atoms with van der Waals surface area (Å²) in [6.07, 6.45) is 0.716. The van der Waals surface area contributed by atoms with Crippen molar-refractivity contribution in [1.29, 1.82) is 0 Å². The van der Waals surface area contributed by atoms with Gasteiger partial charge in [-0.1, -0.05) is 6.92 Å². The molecule has 0 aliphatic heterocycles. The van der Waals surface area contributed by atoms with E-state index < -0.39 is 5.97 Å². The topological polar surface area (TPSA) is 59.3 Å². The summed E-state index contributed by atoms with van der Waals surface area (Å²) in [6, 6.07) is 1.50. The first-order valence-electron chi connectivity index (χ1n) is 6.27. The van der Waals surface area contributed by atoms with Gasteiger partial charge in [0.2, 0.25) is 0 Å². The molecule has 2 rings (SSSR count). The summed E-state index contributed by atoms with van der Waals surface area (Å²) in [5.41, 5.74) is 0.846. The Morgan fingerprint density at radius 2 is 2.11 bits per heavy atom. The fourth-order valence-electron chi connectivity index (χ4n) is 2.23. The van der Waals surface area contributed by atoms with Crippen LogP contribution in [0, 0.1) is 13.8 Å². The molecule has 0 bridgehead atoms. The second kappa shape index (κ2) is 4.81. The molecule has 2 heterocycles. The number of rotatable bonds is 3. The van der Waals surface area contributed by atoms with Gasteiger partial charge < -0.3 is 5.11 Å². The number of aromatic nitrogens is 1. The van der Waals surface area contributed by atoms with Crippen LogP contribution in [0.15, 0.2) is 10.9 Å². The van der Waals surface area contributed by atoms with Crippen LogP contribution in [0.25, 0.3) is 10.1 Å². The van der Waals surface area contributed by atoms with Gasteiger partial charge in [-0.2, -0.15) is 0 Å². The minimum Gasteiger partial charge on any atom is -0.477 e. The Hall–Kier alpha value is -1.62. The predicted octanol–water partition coefficient (Wildman–Crippen LogP) is 3.35. The number of aryl methyl sites for hydroxylation is 2. The second-order valence-corrected chi connectivity index (χ2v) is 6.05. The molecule has 0 spiro atoms. The number of aromatic carboxylic acids is 1. The highest BCUT2D eigenvalue weighted by molar-refractivity contribution is 7.19. The minimum absolute atomic E-state index is 0.0769. The predicted molar refractivity (Wildman–Crippen MR) is 77.5 cm³/mol. The maximum atomic E-state index is 12.6. The summed E-state index contributed by atoms with van der Waals surface area (Å²) < 4.78 is 2.17. The lowest BCUT2D eigenvalue weighted by atomic mass is 10.1. The first-order chi connectivity index (χ1) is 8.88. The SMILES string of the molecule is CCC(C)n1c(C(=O)O)cc2sc(C)c(C)c2c1=O. The highest BCUT2D eigenvalue weighted by atomic mass is 32.1. The summed E-state index contributed by atoms with van der Waals surface area (Å²) in [4.78, 5) is 25.0. The molecule has 1 atom stereocenters. The van der Waals surface area contributed by atoms with E-state index in [1.807, 2.05) is 27.7 Å². The monoisotopic (exact) mass is 279 g/mol. The third kappa shape index (κ3) is 2.08. The molecule has 0 aliphatic rings. The van der Waals surface area contributed by atoms with Gasteiger partial charge in [0, 0.05) is 15.6 Å². The summed E-state index contributed by atoms with van der Waals surface area (Å²) in [7, 11) is 0. The van der Waals surface area contributed by atoms with E-state index in [1.54, 1.807) is 6.07 Å². The lowest BCUT2D eigenvalue weighted by Gasteiger charge is -2.16. The van der Waals surface area contributed by atoms with Crippen LogP contribution in [0.5, 0.6) is 0 Å². The summed E-state index contributed by atoms with van der Waals surface area (Å²) in [5.74, 6) is -1.05. The Kier molecular flexibility index (Phi) is 3.49. The molecule has 19 heavy (non-hydrogen) atoms. The van der Waals surface area contributed by atoms with Gasteiger partial charge in [-0.25, -0.2) is 4.79 Å². The Labute approximate surface area is 115 Å². The first kappa shape index (κ1) is 13.8. The molecule has 0 amide bonds. The lowest BCUT2D eigenvalue weighted by Crippen LogP contribution is -2.28. The number of hydrogen-bond acceptors (Lipinski definition) is 3. The van der Waals surface area contributed by atoms with E-state index in [1.165, 1.54) is 15.9 Å². The molecule has 0 fully saturated rings. The molecule has 1 unspecified atom stereocenters. The molecule has 2 aromatic rings. The summed E-state index contributed by atoms with van der Waals surface area (Å²) in [5, 5.41) is 9.97. The average Bonchev–Trinajstić information content (AvgIpc) is 2.64. The van der Waals surface area contributed by atoms with Crippen LogP contribution in [0.2, 0.25) is 0 Å². The van der Waals surface area contributed by atoms with Gasteiger partial charge in [-0.05, 0) is 38.8 Å². The van der Waals surface area contributed by atoms with Gasteiger partial charge in [-0.3, -0.25) is 9.36 Å². The molecule has 0 aromatic carbocycles. The highest BCUT2D eigenvalue weighted by Crippen LogP contribution is 2.29. The molecular formula is C14H17NO3S. The van der Waals surface area contributed by atoms with Crippen LogP contribution in [0.3, 0.4) is 0 Å². The van der Waals surface area contributed by atoms with Crippen LogP contribution in [-0.2, 0) is 0 Å². The normalized spacial score (nSPS) is 12.8. The van der Waals surface area contributed by atoms with Gasteiger partial charge in [0.1, 0.15) is 5.69 Å². The highest BCUT2D eigenvalue weighted by Gasteiger charge is 2.20. The van der Waals surface area contributed by atoms with Crippen molar-refractivity contribution in [3.8, 4) is 0 Å². The van der Waals surface area contributed by atoms with Crippen molar-refractivity contribution in [3.63, 3.8) is 0 Å². The molecule has 0 saturated heterocycles. The molecule has 0 saturated carbocycles. The van der Waals surface area contributed by atoms with Gasteiger partial charge in [0.15, 0.2) is 0 Å². The molecular weight excluding hydrogens is 262 g/mol. The molecule has 2 aromatic heterocycles. The number of carboxylic acid groups (broad SMARTS) is 1. The van der Waals surface area contributed by atoms with Gasteiger partial charge >= 0.3 is 5.97 Å². The summed E-state index contributed by atoms with van der Waals surface area (Å²) >= 11 is 1.48. The van der Waals surface area contributed by atoms with Crippen LogP contribution in [0.1, 0.15) is 47.2 Å². The van der Waals surface area contributed by atoms with E-state index >= 15 is 0 Å². The molecule has 102 valence electrons. The van der Waals surface area contributed by atoms with Gasteiger partial charge in [-0.15, -0.1) is 11.3 Å². The minimum atomic E-state index is -1.05. The van der Waals surface area contributed by atoms with Crippen LogP contribution >= 0.6 is 11.3 Å². The first-order valence-corrected chi connectivity index (χ1v) is 7.08.